The van der Waals surface area contributed by atoms with Crippen LogP contribution in [0.15, 0.2) is 66.7 Å². The maximum absolute atomic E-state index is 14.2. The van der Waals surface area contributed by atoms with E-state index in [1.807, 2.05) is 23.1 Å². The van der Waals surface area contributed by atoms with Crippen LogP contribution in [0.5, 0.6) is 0 Å². The summed E-state index contributed by atoms with van der Waals surface area (Å²) in [5.41, 5.74) is 5.54. The Hall–Kier alpha value is -2.95. The van der Waals surface area contributed by atoms with Gasteiger partial charge in [-0.25, -0.2) is 4.39 Å². The molecule has 0 bridgehead atoms. The molecule has 0 radical (unpaired) electrons. The van der Waals surface area contributed by atoms with Crippen molar-refractivity contribution in [3.8, 4) is 0 Å². The van der Waals surface area contributed by atoms with Gasteiger partial charge in [0.25, 0.3) is 5.91 Å². The number of halogens is 2. The van der Waals surface area contributed by atoms with E-state index in [1.165, 1.54) is 23.3 Å². The lowest BCUT2D eigenvalue weighted by Crippen LogP contribution is -2.47. The number of likely N-dealkylation sites (N-methyl/N-ethyl adjacent to an activating group) is 1. The summed E-state index contributed by atoms with van der Waals surface area (Å²) in [5.74, 6) is -0.0965. The topological polar surface area (TPSA) is 23.6 Å². The van der Waals surface area contributed by atoms with Crippen molar-refractivity contribution in [2.75, 3.05) is 25.0 Å². The first kappa shape index (κ1) is 21.9. The molecule has 0 saturated carbocycles. The fourth-order valence-electron chi connectivity index (χ4n) is 5.10. The summed E-state index contributed by atoms with van der Waals surface area (Å²) in [4.78, 5) is 18.5. The Bertz CT molecular complexity index is 1220. The van der Waals surface area contributed by atoms with Gasteiger partial charge in [0.05, 0.1) is 0 Å². The molecule has 2 unspecified atom stereocenters. The number of rotatable bonds is 3. The van der Waals surface area contributed by atoms with Crippen molar-refractivity contribution in [1.29, 1.82) is 0 Å². The summed E-state index contributed by atoms with van der Waals surface area (Å²) < 4.78 is 13.7. The van der Waals surface area contributed by atoms with Gasteiger partial charge in [-0.1, -0.05) is 53.6 Å². The summed E-state index contributed by atoms with van der Waals surface area (Å²) >= 11 is 6.06. The summed E-state index contributed by atoms with van der Waals surface area (Å²) in [6, 6.07) is 20.0. The molecule has 168 valence electrons. The molecule has 2 aliphatic rings. The number of fused-ring (bicyclic) bond motifs is 3. The van der Waals surface area contributed by atoms with Gasteiger partial charge in [0.1, 0.15) is 5.82 Å². The number of likely N-dealkylation sites (tertiary alicyclic amines) is 1. The Balaban J connectivity index is 1.62. The number of carbonyl (C=O) groups excluding carboxylic acids is 1. The predicted molar refractivity (Wildman–Crippen MR) is 133 cm³/mol. The fraction of sp³-hybridized carbons (Fsp3) is 0.250. The summed E-state index contributed by atoms with van der Waals surface area (Å²) in [7, 11) is 2.14. The summed E-state index contributed by atoms with van der Waals surface area (Å²) in [6.07, 6.45) is 2.79. The van der Waals surface area contributed by atoms with E-state index in [2.05, 4.69) is 37.1 Å². The number of aryl methyl sites for hydroxylation is 1. The lowest BCUT2D eigenvalue weighted by Gasteiger charge is -2.36. The average molecular weight is 461 g/mol. The van der Waals surface area contributed by atoms with E-state index in [4.69, 9.17) is 11.6 Å². The molecule has 5 rings (SSSR count). The molecule has 0 spiro atoms. The third-order valence-corrected chi connectivity index (χ3v) is 6.99. The van der Waals surface area contributed by atoms with Crippen LogP contribution in [-0.2, 0) is 4.79 Å². The van der Waals surface area contributed by atoms with E-state index in [-0.39, 0.29) is 23.7 Å². The van der Waals surface area contributed by atoms with Crippen molar-refractivity contribution in [2.45, 2.75) is 25.3 Å². The van der Waals surface area contributed by atoms with Crippen molar-refractivity contribution < 1.29 is 9.18 Å². The normalized spacial score (nSPS) is 20.5. The van der Waals surface area contributed by atoms with Crippen molar-refractivity contribution in [1.82, 2.24) is 4.90 Å². The van der Waals surface area contributed by atoms with Crippen LogP contribution >= 0.6 is 11.6 Å². The zero-order valence-corrected chi connectivity index (χ0v) is 19.5. The Kier molecular flexibility index (Phi) is 5.81. The van der Waals surface area contributed by atoms with E-state index < -0.39 is 0 Å². The quantitative estimate of drug-likeness (QED) is 0.345. The molecule has 0 aliphatic carbocycles. The molecule has 1 saturated heterocycles. The van der Waals surface area contributed by atoms with E-state index in [0.717, 1.165) is 30.8 Å². The van der Waals surface area contributed by atoms with Crippen molar-refractivity contribution in [3.05, 3.63) is 99.8 Å². The third-order valence-electron chi connectivity index (χ3n) is 6.74. The van der Waals surface area contributed by atoms with E-state index in [9.17, 15) is 9.18 Å². The Morgan fingerprint density at radius 2 is 1.79 bits per heavy atom. The van der Waals surface area contributed by atoms with Crippen LogP contribution < -0.4 is 4.90 Å². The Labute approximate surface area is 199 Å². The largest absolute Gasteiger partial charge is 0.306 e. The monoisotopic (exact) mass is 460 g/mol. The van der Waals surface area contributed by atoms with Crippen LogP contribution in [0.3, 0.4) is 0 Å². The van der Waals surface area contributed by atoms with Crippen LogP contribution in [0.1, 0.15) is 34.6 Å². The molecule has 1 amide bonds. The van der Waals surface area contributed by atoms with Gasteiger partial charge >= 0.3 is 0 Å². The smallest absolute Gasteiger partial charge is 0.259 e. The zero-order chi connectivity index (χ0) is 23.1. The van der Waals surface area contributed by atoms with Gasteiger partial charge in [-0.15, -0.1) is 0 Å². The minimum absolute atomic E-state index is 0.0567. The number of nitrogens with zero attached hydrogens (tertiary/aromatic N) is 2. The van der Waals surface area contributed by atoms with E-state index >= 15 is 0 Å². The number of piperidine rings is 1. The van der Waals surface area contributed by atoms with Crippen LogP contribution in [0, 0.1) is 12.7 Å². The minimum Gasteiger partial charge on any atom is -0.306 e. The highest BCUT2D eigenvalue weighted by Gasteiger charge is 2.44. The molecule has 0 aromatic heterocycles. The first-order chi connectivity index (χ1) is 15.9. The molecule has 5 heteroatoms. The minimum atomic E-state index is -0.325. The maximum Gasteiger partial charge on any atom is 0.259 e. The first-order valence-electron chi connectivity index (χ1n) is 11.3. The average Bonchev–Trinajstić information content (AvgIpc) is 3.12. The molecule has 2 atom stereocenters. The molecule has 0 N–H and O–H groups in total. The molecule has 33 heavy (non-hydrogen) atoms. The van der Waals surface area contributed by atoms with E-state index in [1.54, 1.807) is 24.3 Å². The van der Waals surface area contributed by atoms with Crippen molar-refractivity contribution >= 4 is 34.8 Å². The molecule has 2 aliphatic heterocycles. The number of benzene rings is 3. The second-order valence-corrected chi connectivity index (χ2v) is 9.52. The summed E-state index contributed by atoms with van der Waals surface area (Å²) in [6.45, 7) is 3.97. The van der Waals surface area contributed by atoms with Gasteiger partial charge in [-0.05, 0) is 80.0 Å². The lowest BCUT2D eigenvalue weighted by atomic mass is 9.88. The molecule has 3 aromatic carbocycles. The molecule has 2 heterocycles. The Morgan fingerprint density at radius 1 is 1.06 bits per heavy atom. The van der Waals surface area contributed by atoms with Gasteiger partial charge in [-0.3, -0.25) is 4.79 Å². The highest BCUT2D eigenvalue weighted by Crippen LogP contribution is 2.46. The van der Waals surface area contributed by atoms with Crippen molar-refractivity contribution in [3.63, 3.8) is 0 Å². The predicted octanol–water partition coefficient (Wildman–Crippen LogP) is 6.16. The first-order valence-corrected chi connectivity index (χ1v) is 11.6. The molecular formula is C28H26ClFN2O. The number of amides is 1. The maximum atomic E-state index is 14.2. The molecular weight excluding hydrogens is 435 g/mol. The standard InChI is InChI=1S/C28H26ClFN2O/c1-18-3-12-26-24(15-18)25-17-31(2)14-13-27(25)32(26)28(33)23(20-6-10-22(30)11-7-20)16-19-4-8-21(29)9-5-19/h3-12,15-16,25,27H,13-14,17H2,1-2H3/b23-16+. The van der Waals surface area contributed by atoms with Gasteiger partial charge in [0.2, 0.25) is 0 Å². The van der Waals surface area contributed by atoms with Crippen LogP contribution in [0.25, 0.3) is 11.6 Å². The van der Waals surface area contributed by atoms with Crippen LogP contribution in [0.2, 0.25) is 5.02 Å². The number of anilines is 1. The molecule has 3 aromatic rings. The van der Waals surface area contributed by atoms with Gasteiger partial charge < -0.3 is 9.80 Å². The van der Waals surface area contributed by atoms with Gasteiger partial charge in [-0.2, -0.15) is 0 Å². The molecule has 1 fully saturated rings. The van der Waals surface area contributed by atoms with Gasteiger partial charge in [0, 0.05) is 34.8 Å². The second kappa shape index (κ2) is 8.77. The zero-order valence-electron chi connectivity index (χ0n) is 18.8. The van der Waals surface area contributed by atoms with Crippen molar-refractivity contribution in [2.24, 2.45) is 0 Å². The molecule has 3 nitrogen and oxygen atoms in total. The van der Waals surface area contributed by atoms with Crippen LogP contribution in [0.4, 0.5) is 10.1 Å². The number of hydrogen-bond acceptors (Lipinski definition) is 2. The highest BCUT2D eigenvalue weighted by molar-refractivity contribution is 6.31. The second-order valence-electron chi connectivity index (χ2n) is 9.08. The van der Waals surface area contributed by atoms with Crippen LogP contribution in [-0.4, -0.2) is 37.0 Å². The van der Waals surface area contributed by atoms with Gasteiger partial charge in [0.15, 0.2) is 0 Å². The number of hydrogen-bond donors (Lipinski definition) is 0. The third kappa shape index (κ3) is 4.21. The SMILES string of the molecule is Cc1ccc2c(c1)C1CN(C)CCC1N2C(=O)/C(=C/c1ccc(Cl)cc1)c1ccc(F)cc1. The summed E-state index contributed by atoms with van der Waals surface area (Å²) in [5, 5.41) is 0.639. The highest BCUT2D eigenvalue weighted by atomic mass is 35.5. The Morgan fingerprint density at radius 3 is 2.52 bits per heavy atom. The lowest BCUT2D eigenvalue weighted by molar-refractivity contribution is -0.113. The number of carbonyl (C=O) groups is 1. The fourth-order valence-corrected chi connectivity index (χ4v) is 5.23. The van der Waals surface area contributed by atoms with E-state index in [0.29, 0.717) is 16.2 Å².